The van der Waals surface area contributed by atoms with Crippen molar-refractivity contribution in [2.24, 2.45) is 0 Å². The minimum Gasteiger partial charge on any atom is -0.341 e. The first-order chi connectivity index (χ1) is 12.5. The molecule has 2 aromatic rings. The Kier molecular flexibility index (Phi) is 6.45. The standard InChI is InChI=1S/C19H24N2O3S2/c22-19(9-15-26(23,24)18-7-2-1-3-8-18)21-11-5-10-20(12-13-21)16-17-6-4-14-25-17/h1-4,6-8,14H,5,9-13,15-16H2. The zero-order valence-electron chi connectivity index (χ0n) is 14.7. The molecule has 0 spiro atoms. The predicted molar refractivity (Wildman–Crippen MR) is 104 cm³/mol. The van der Waals surface area contributed by atoms with E-state index in [0.717, 1.165) is 26.1 Å². The highest BCUT2D eigenvalue weighted by Crippen LogP contribution is 2.15. The molecule has 5 nitrogen and oxygen atoms in total. The highest BCUT2D eigenvalue weighted by molar-refractivity contribution is 7.91. The number of thiophene rings is 1. The van der Waals surface area contributed by atoms with Crippen molar-refractivity contribution in [1.82, 2.24) is 9.80 Å². The third-order valence-electron chi connectivity index (χ3n) is 4.59. The number of carbonyl (C=O) groups is 1. The summed E-state index contributed by atoms with van der Waals surface area (Å²) in [5.41, 5.74) is 0. The van der Waals surface area contributed by atoms with Gasteiger partial charge in [0.15, 0.2) is 9.84 Å². The van der Waals surface area contributed by atoms with Gasteiger partial charge in [-0.25, -0.2) is 8.42 Å². The number of hydrogen-bond acceptors (Lipinski definition) is 5. The van der Waals surface area contributed by atoms with Crippen molar-refractivity contribution in [3.8, 4) is 0 Å². The number of nitrogens with zero attached hydrogens (tertiary/aromatic N) is 2. The van der Waals surface area contributed by atoms with E-state index in [-0.39, 0.29) is 23.0 Å². The molecule has 1 aliphatic heterocycles. The zero-order chi connectivity index (χ0) is 18.4. The van der Waals surface area contributed by atoms with Gasteiger partial charge in [-0.2, -0.15) is 0 Å². The van der Waals surface area contributed by atoms with E-state index < -0.39 is 9.84 Å². The molecule has 7 heteroatoms. The van der Waals surface area contributed by atoms with Crippen LogP contribution in [-0.2, 0) is 21.2 Å². The van der Waals surface area contributed by atoms with Gasteiger partial charge in [-0.05, 0) is 30.0 Å². The molecule has 0 N–H and O–H groups in total. The Balaban J connectivity index is 1.50. The molecule has 1 aromatic heterocycles. The van der Waals surface area contributed by atoms with Gasteiger partial charge in [0.25, 0.3) is 0 Å². The number of benzene rings is 1. The van der Waals surface area contributed by atoms with Crippen LogP contribution < -0.4 is 0 Å². The minimum absolute atomic E-state index is 0.0438. The van der Waals surface area contributed by atoms with E-state index in [1.807, 2.05) is 4.90 Å². The normalized spacial score (nSPS) is 16.4. The molecule has 2 heterocycles. The lowest BCUT2D eigenvalue weighted by molar-refractivity contribution is -0.130. The van der Waals surface area contributed by atoms with E-state index in [1.54, 1.807) is 41.7 Å². The van der Waals surface area contributed by atoms with Crippen LogP contribution in [0.1, 0.15) is 17.7 Å². The summed E-state index contributed by atoms with van der Waals surface area (Å²) in [5, 5.41) is 2.08. The second-order valence-electron chi connectivity index (χ2n) is 6.47. The predicted octanol–water partition coefficient (Wildman–Crippen LogP) is 2.65. The Morgan fingerprint density at radius 3 is 2.54 bits per heavy atom. The largest absolute Gasteiger partial charge is 0.341 e. The SMILES string of the molecule is O=C(CCS(=O)(=O)c1ccccc1)N1CCCN(Cc2cccs2)CC1. The number of hydrogen-bond donors (Lipinski definition) is 0. The summed E-state index contributed by atoms with van der Waals surface area (Å²) in [6.07, 6.45) is 0.963. The van der Waals surface area contributed by atoms with E-state index in [1.165, 1.54) is 4.88 Å². The van der Waals surface area contributed by atoms with Gasteiger partial charge in [-0.1, -0.05) is 24.3 Å². The summed E-state index contributed by atoms with van der Waals surface area (Å²) in [7, 11) is -3.40. The van der Waals surface area contributed by atoms with E-state index in [9.17, 15) is 13.2 Å². The average molecular weight is 393 g/mol. The molecule has 0 atom stereocenters. The van der Waals surface area contributed by atoms with Crippen LogP contribution in [0.15, 0.2) is 52.7 Å². The number of rotatable bonds is 6. The van der Waals surface area contributed by atoms with E-state index >= 15 is 0 Å². The molecule has 0 unspecified atom stereocenters. The third kappa shape index (κ3) is 5.16. The maximum Gasteiger partial charge on any atom is 0.223 e. The van der Waals surface area contributed by atoms with Gasteiger partial charge in [0.05, 0.1) is 10.6 Å². The maximum atomic E-state index is 12.5. The summed E-state index contributed by atoms with van der Waals surface area (Å²) in [6, 6.07) is 12.5. The number of amides is 1. The van der Waals surface area contributed by atoms with Crippen LogP contribution in [0.5, 0.6) is 0 Å². The van der Waals surface area contributed by atoms with Crippen molar-refractivity contribution in [2.75, 3.05) is 31.9 Å². The van der Waals surface area contributed by atoms with Crippen molar-refractivity contribution in [2.45, 2.75) is 24.3 Å². The Bertz CT molecular complexity index is 805. The summed E-state index contributed by atoms with van der Waals surface area (Å²) in [4.78, 5) is 18.3. The molecule has 1 aromatic carbocycles. The van der Waals surface area contributed by atoms with Gasteiger partial charge in [0.1, 0.15) is 0 Å². The third-order valence-corrected chi connectivity index (χ3v) is 7.18. The number of sulfone groups is 1. The fraction of sp³-hybridized carbons (Fsp3) is 0.421. The second kappa shape index (κ2) is 8.79. The van der Waals surface area contributed by atoms with E-state index in [0.29, 0.717) is 13.1 Å². The Morgan fingerprint density at radius 1 is 1.00 bits per heavy atom. The van der Waals surface area contributed by atoms with E-state index in [4.69, 9.17) is 0 Å². The van der Waals surface area contributed by atoms with Crippen molar-refractivity contribution >= 4 is 27.1 Å². The fourth-order valence-electron chi connectivity index (χ4n) is 3.13. The molecule has 0 aliphatic carbocycles. The molecule has 1 amide bonds. The van der Waals surface area contributed by atoms with Crippen LogP contribution in [0.25, 0.3) is 0 Å². The van der Waals surface area contributed by atoms with Crippen molar-refractivity contribution < 1.29 is 13.2 Å². The van der Waals surface area contributed by atoms with Gasteiger partial charge < -0.3 is 4.90 Å². The van der Waals surface area contributed by atoms with E-state index in [2.05, 4.69) is 22.4 Å². The van der Waals surface area contributed by atoms with Gasteiger partial charge in [0, 0.05) is 44.0 Å². The second-order valence-corrected chi connectivity index (χ2v) is 9.61. The summed E-state index contributed by atoms with van der Waals surface area (Å²) in [6.45, 7) is 4.07. The molecule has 1 fully saturated rings. The topological polar surface area (TPSA) is 57.7 Å². The highest BCUT2D eigenvalue weighted by Gasteiger charge is 2.22. The molecule has 0 bridgehead atoms. The van der Waals surface area contributed by atoms with Crippen LogP contribution >= 0.6 is 11.3 Å². The Labute approximate surface area is 159 Å². The number of carbonyl (C=O) groups excluding carboxylic acids is 1. The Hall–Kier alpha value is -1.70. The first kappa shape index (κ1) is 19.1. The minimum atomic E-state index is -3.40. The van der Waals surface area contributed by atoms with Crippen LogP contribution in [0.2, 0.25) is 0 Å². The molecule has 0 radical (unpaired) electrons. The van der Waals surface area contributed by atoms with Crippen LogP contribution in [0, 0.1) is 0 Å². The lowest BCUT2D eigenvalue weighted by atomic mass is 10.3. The summed E-state index contributed by atoms with van der Waals surface area (Å²) < 4.78 is 24.7. The summed E-state index contributed by atoms with van der Waals surface area (Å²) in [5.74, 6) is -0.201. The fourth-order valence-corrected chi connectivity index (χ4v) is 5.12. The van der Waals surface area contributed by atoms with Crippen LogP contribution in [0.3, 0.4) is 0 Å². The van der Waals surface area contributed by atoms with Crippen molar-refractivity contribution in [1.29, 1.82) is 0 Å². The molecule has 140 valence electrons. The van der Waals surface area contributed by atoms with Gasteiger partial charge in [0.2, 0.25) is 5.91 Å². The monoisotopic (exact) mass is 392 g/mol. The summed E-state index contributed by atoms with van der Waals surface area (Å²) >= 11 is 1.75. The quantitative estimate of drug-likeness (QED) is 0.758. The first-order valence-electron chi connectivity index (χ1n) is 8.85. The lowest BCUT2D eigenvalue weighted by Crippen LogP contribution is -2.35. The molecule has 26 heavy (non-hydrogen) atoms. The molecule has 1 aliphatic rings. The zero-order valence-corrected chi connectivity index (χ0v) is 16.3. The van der Waals surface area contributed by atoms with Gasteiger partial charge in [-0.3, -0.25) is 9.69 Å². The Morgan fingerprint density at radius 2 is 1.81 bits per heavy atom. The lowest BCUT2D eigenvalue weighted by Gasteiger charge is -2.21. The molecular weight excluding hydrogens is 368 g/mol. The van der Waals surface area contributed by atoms with Gasteiger partial charge in [-0.15, -0.1) is 11.3 Å². The maximum absolute atomic E-state index is 12.5. The molecule has 1 saturated heterocycles. The smallest absolute Gasteiger partial charge is 0.223 e. The molecule has 0 saturated carbocycles. The highest BCUT2D eigenvalue weighted by atomic mass is 32.2. The molecule has 3 rings (SSSR count). The average Bonchev–Trinajstić information content (AvgIpc) is 3.05. The van der Waals surface area contributed by atoms with Crippen molar-refractivity contribution in [3.63, 3.8) is 0 Å². The molecular formula is C19H24N2O3S2. The van der Waals surface area contributed by atoms with Crippen LogP contribution in [-0.4, -0.2) is 56.1 Å². The first-order valence-corrected chi connectivity index (χ1v) is 11.4. The van der Waals surface area contributed by atoms with Crippen LogP contribution in [0.4, 0.5) is 0 Å². The van der Waals surface area contributed by atoms with Crippen molar-refractivity contribution in [3.05, 3.63) is 52.7 Å². The van der Waals surface area contributed by atoms with Gasteiger partial charge >= 0.3 is 0 Å².